The number of nitrogens with one attached hydrogen (secondary N) is 4. The zero-order valence-electron chi connectivity index (χ0n) is 64.4. The highest BCUT2D eigenvalue weighted by Gasteiger charge is 2.25. The van der Waals surface area contributed by atoms with E-state index in [0.29, 0.717) is 26.9 Å². The summed E-state index contributed by atoms with van der Waals surface area (Å²) in [6.07, 6.45) is 6.97. The highest BCUT2D eigenvalue weighted by atomic mass is 32.2. The van der Waals surface area contributed by atoms with Crippen LogP contribution in [0.1, 0.15) is 122 Å². The van der Waals surface area contributed by atoms with E-state index in [0.717, 1.165) is 33.8 Å². The van der Waals surface area contributed by atoms with Crippen LogP contribution in [0.15, 0.2) is 166 Å². The number of rotatable bonds is 25. The number of sulfonamides is 3. The van der Waals surface area contributed by atoms with Gasteiger partial charge in [0.15, 0.2) is 15.8 Å². The molecule has 604 valence electrons. The number of aryl methyl sites for hydroxylation is 2. The van der Waals surface area contributed by atoms with Crippen molar-refractivity contribution >= 4 is 85.0 Å². The Kier molecular flexibility index (Phi) is 43.5. The molecule has 1 unspecified atom stereocenters. The Morgan fingerprint density at radius 2 is 0.804 bits per heavy atom. The number of halogens is 4. The summed E-state index contributed by atoms with van der Waals surface area (Å²) in [5.74, 6) is 0.356. The van der Waals surface area contributed by atoms with Gasteiger partial charge in [0.05, 0.1) is 53.1 Å². The van der Waals surface area contributed by atoms with E-state index in [9.17, 15) is 80.7 Å². The SMILES string of the molecule is C=S(=O)(NC(C)C)c1ccc(-n2cncn2)cc1.CC(C)CS(=O)(=O)C(F)F.CC(C)CS(=O)(=O)CF.CC(C)CS(C)(=O)=O.CC(C)CS(C)(=O)=O.CC(C)NS(=O)(=O)c1ccc(-c2ccnc(F)c2)cc1.CC(C)NS(=O)(=O)c1ccccc1.Cc1cc(-c2ccc(S(=O)(=O)NC(C)C)cc2)cc(C)n1. The number of benzene rings is 4. The predicted octanol–water partition coefficient (Wildman–Crippen LogP) is 11.9. The second kappa shape index (κ2) is 46.3. The molecule has 0 bridgehead atoms. The first-order chi connectivity index (χ1) is 48.8. The summed E-state index contributed by atoms with van der Waals surface area (Å²) in [6.45, 7) is 32.7. The van der Waals surface area contributed by atoms with Gasteiger partial charge in [-0.05, 0) is 200 Å². The minimum Gasteiger partial charge on any atom is -0.258 e. The van der Waals surface area contributed by atoms with Crippen molar-refractivity contribution in [1.29, 1.82) is 0 Å². The highest BCUT2D eigenvalue weighted by molar-refractivity contribution is 7.98. The van der Waals surface area contributed by atoms with Crippen LogP contribution in [0.2, 0.25) is 0 Å². The quantitative estimate of drug-likeness (QED) is 0.0235. The molecule has 0 saturated carbocycles. The minimum atomic E-state index is -4.13. The van der Waals surface area contributed by atoms with Gasteiger partial charge in [0.2, 0.25) is 45.9 Å². The molecule has 0 aliphatic carbocycles. The van der Waals surface area contributed by atoms with E-state index in [1.807, 2.05) is 91.8 Å². The lowest BCUT2D eigenvalue weighted by molar-refractivity contribution is 0.234. The van der Waals surface area contributed by atoms with Gasteiger partial charge in [0.25, 0.3) is 0 Å². The Morgan fingerprint density at radius 1 is 0.439 bits per heavy atom. The van der Waals surface area contributed by atoms with E-state index < -0.39 is 103 Å². The molecular weight excluding hydrogens is 1550 g/mol. The summed E-state index contributed by atoms with van der Waals surface area (Å²) in [5, 5.41) is 4.03. The zero-order valence-corrected chi connectivity index (χ0v) is 71.0. The largest absolute Gasteiger partial charge is 0.336 e. The Bertz CT molecular complexity index is 4680. The van der Waals surface area contributed by atoms with Crippen LogP contribution in [-0.2, 0) is 79.1 Å². The normalized spacial score (nSPS) is 12.6. The van der Waals surface area contributed by atoms with Gasteiger partial charge in [0.1, 0.15) is 32.3 Å². The van der Waals surface area contributed by atoms with E-state index in [1.165, 1.54) is 43.2 Å². The van der Waals surface area contributed by atoms with Crippen molar-refractivity contribution in [2.24, 2.45) is 23.7 Å². The predicted molar refractivity (Wildman–Crippen MR) is 423 cm³/mol. The number of alkyl halides is 3. The van der Waals surface area contributed by atoms with Crippen molar-refractivity contribution in [2.45, 2.75) is 174 Å². The molecule has 0 aliphatic rings. The van der Waals surface area contributed by atoms with Gasteiger partial charge < -0.3 is 0 Å². The molecule has 1 atom stereocenters. The number of sulfone groups is 4. The number of hydrogen-bond donors (Lipinski definition) is 4. The summed E-state index contributed by atoms with van der Waals surface area (Å²) < 4.78 is 227. The lowest BCUT2D eigenvalue weighted by Crippen LogP contribution is -2.30. The molecule has 4 N–H and O–H groups in total. The second-order valence-electron chi connectivity index (χ2n) is 27.3. The first kappa shape index (κ1) is 101. The van der Waals surface area contributed by atoms with Crippen molar-refractivity contribution < 1.29 is 80.7 Å². The molecule has 3 aromatic heterocycles. The Hall–Kier alpha value is -6.45. The number of nitrogens with zero attached hydrogens (tertiary/aromatic N) is 5. The third-order valence-corrected chi connectivity index (χ3v) is 24.9. The fourth-order valence-electron chi connectivity index (χ4n) is 8.88. The maximum atomic E-state index is 13.0. The van der Waals surface area contributed by atoms with E-state index >= 15 is 0 Å². The fraction of sp³-hybridized carbons (Fsp3) is 0.479. The summed E-state index contributed by atoms with van der Waals surface area (Å²) in [7, 11) is -25.7. The zero-order chi connectivity index (χ0) is 82.9. The average molecular weight is 1660 g/mol. The minimum absolute atomic E-state index is 0.0192. The molecule has 3 heterocycles. The van der Waals surface area contributed by atoms with Crippen molar-refractivity contribution in [3.63, 3.8) is 0 Å². The molecule has 7 rings (SSSR count). The summed E-state index contributed by atoms with van der Waals surface area (Å²) in [4.78, 5) is 13.2. The highest BCUT2D eigenvalue weighted by Crippen LogP contribution is 2.24. The van der Waals surface area contributed by atoms with Crippen LogP contribution in [0.3, 0.4) is 0 Å². The molecule has 4 aromatic carbocycles. The topological polar surface area (TPSA) is 361 Å². The third kappa shape index (κ3) is 44.7. The summed E-state index contributed by atoms with van der Waals surface area (Å²) in [5.41, 5.74) is 6.17. The van der Waals surface area contributed by atoms with Crippen LogP contribution in [-0.4, -0.2) is 165 Å². The molecule has 0 radical (unpaired) electrons. The molecule has 0 spiro atoms. The molecule has 0 aliphatic heterocycles. The van der Waals surface area contributed by atoms with Crippen molar-refractivity contribution in [3.8, 4) is 27.9 Å². The summed E-state index contributed by atoms with van der Waals surface area (Å²) >= 11 is 0. The smallest absolute Gasteiger partial charge is 0.258 e. The Morgan fingerprint density at radius 3 is 1.09 bits per heavy atom. The van der Waals surface area contributed by atoms with Crippen molar-refractivity contribution in [1.82, 2.24) is 43.6 Å². The standard InChI is InChI=1S/C16H20N2O2S.C14H15FN2O2S.C12H16N4OS.C9H13NO2S.C5H10F2O2S.C5H11FO2S.2C5H12O2S/c1-11(2)18-21(19,20)16-7-5-14(6-8-16)15-9-12(3)17-13(4)10-15;1-10(2)17-20(18,19)13-5-3-11(4-6-13)12-7-8-16-14(15)9-12;1-10(2)15-18(3,17)12-6-4-11(5-7-12)16-9-13-8-14-16;1-8(2)10-13(11,12)9-6-4-3-5-7-9;1-4(2)3-10(8,9)5(6)7;1-5(2)3-9(7,8)4-6;2*1-5(2)4-8(3,6)7/h5-11,18H,1-4H3;3-10,17H,1-2H3;4-10H,3H2,1-2H3,(H,15,17);3-8,10H,1-2H3;4-5H,3H2,1-2H3;5H,3-4H2,1-2H3;2*5H,4H2,1-3H3. The lowest BCUT2D eigenvalue weighted by atomic mass is 10.1. The number of pyridine rings is 2. The molecule has 0 fully saturated rings. The van der Waals surface area contributed by atoms with Gasteiger partial charge in [-0.25, -0.2) is 101 Å². The molecule has 0 saturated heterocycles. The molecule has 36 heteroatoms. The van der Waals surface area contributed by atoms with Crippen LogP contribution >= 0.6 is 0 Å². The maximum absolute atomic E-state index is 13.0. The van der Waals surface area contributed by atoms with Gasteiger partial charge in [-0.3, -0.25) is 4.98 Å². The Balaban J connectivity index is 0.00000123. The fourth-order valence-corrected chi connectivity index (χ4v) is 18.7. The first-order valence-corrected chi connectivity index (χ1v) is 47.3. The molecule has 24 nitrogen and oxygen atoms in total. The molecule has 107 heavy (non-hydrogen) atoms. The van der Waals surface area contributed by atoms with Crippen LogP contribution in [0, 0.1) is 43.5 Å². The molecule has 0 amide bonds. The van der Waals surface area contributed by atoms with Gasteiger partial charge in [-0.1, -0.05) is 97.9 Å². The molecular formula is C71H109F4N9O15S8. The Labute approximate surface area is 635 Å². The first-order valence-electron chi connectivity index (χ1n) is 33.4. The maximum Gasteiger partial charge on any atom is 0.336 e. The third-order valence-electron chi connectivity index (χ3n) is 12.2. The average Bonchev–Trinajstić information content (AvgIpc) is 1.36. The van der Waals surface area contributed by atoms with Crippen molar-refractivity contribution in [3.05, 3.63) is 164 Å². The van der Waals surface area contributed by atoms with Crippen molar-refractivity contribution in [2.75, 3.05) is 41.5 Å². The van der Waals surface area contributed by atoms with Crippen LogP contribution in [0.25, 0.3) is 27.9 Å². The van der Waals surface area contributed by atoms with Gasteiger partial charge in [-0.2, -0.15) is 18.3 Å². The molecule has 7 aromatic rings. The van der Waals surface area contributed by atoms with Gasteiger partial charge in [0, 0.05) is 65.2 Å². The van der Waals surface area contributed by atoms with E-state index in [2.05, 4.69) is 44.8 Å². The second-order valence-corrected chi connectivity index (χ2v) is 43.0. The van der Waals surface area contributed by atoms with Gasteiger partial charge >= 0.3 is 5.76 Å². The van der Waals surface area contributed by atoms with Crippen LogP contribution in [0.4, 0.5) is 17.6 Å². The van der Waals surface area contributed by atoms with E-state index in [1.54, 1.807) is 153 Å². The van der Waals surface area contributed by atoms with Crippen LogP contribution in [0.5, 0.6) is 0 Å². The van der Waals surface area contributed by atoms with E-state index in [4.69, 9.17) is 0 Å². The van der Waals surface area contributed by atoms with E-state index in [-0.39, 0.29) is 63.4 Å². The number of hydrogen-bond acceptors (Lipinski definition) is 19. The lowest BCUT2D eigenvalue weighted by Gasteiger charge is -2.14. The number of aromatic nitrogens is 5. The van der Waals surface area contributed by atoms with Crippen LogP contribution < -0.4 is 18.9 Å². The van der Waals surface area contributed by atoms with Gasteiger partial charge in [-0.15, -0.1) is 0 Å². The summed E-state index contributed by atoms with van der Waals surface area (Å²) in [6, 6.07) is 34.3. The monoisotopic (exact) mass is 1660 g/mol.